The van der Waals surface area contributed by atoms with Gasteiger partial charge in [0, 0.05) is 4.47 Å². The molecule has 2 nitrogen and oxygen atoms in total. The molecule has 1 rings (SSSR count). The fourth-order valence-electron chi connectivity index (χ4n) is 0.764. The first-order valence-electron chi connectivity index (χ1n) is 3.23. The Labute approximate surface area is 84.2 Å². The number of phenolic OH excluding ortho intramolecular Hbond substituents is 1. The van der Waals surface area contributed by atoms with E-state index in [0.717, 1.165) is 12.1 Å². The molecule has 0 aliphatic rings. The van der Waals surface area contributed by atoms with Crippen LogP contribution in [0.25, 0.3) is 0 Å². The molecule has 0 spiro atoms. The van der Waals surface area contributed by atoms with E-state index in [9.17, 15) is 17.6 Å². The minimum absolute atomic E-state index is 0.113. The first kappa shape index (κ1) is 11.1. The van der Waals surface area contributed by atoms with Crippen LogP contribution in [0.3, 0.4) is 0 Å². The van der Waals surface area contributed by atoms with Crippen molar-refractivity contribution in [3.8, 4) is 11.5 Å². The van der Waals surface area contributed by atoms with Crippen LogP contribution in [0.1, 0.15) is 0 Å². The van der Waals surface area contributed by atoms with Crippen molar-refractivity contribution in [1.82, 2.24) is 0 Å². The van der Waals surface area contributed by atoms with Crippen molar-refractivity contribution in [2.45, 2.75) is 6.36 Å². The molecule has 7 heteroatoms. The van der Waals surface area contributed by atoms with Crippen LogP contribution in [-0.2, 0) is 0 Å². The van der Waals surface area contributed by atoms with Gasteiger partial charge in [0.15, 0.2) is 11.6 Å². The van der Waals surface area contributed by atoms with Crippen LogP contribution < -0.4 is 4.74 Å². The normalized spacial score (nSPS) is 11.5. The molecular weight excluding hydrogens is 272 g/mol. The molecule has 0 heterocycles. The van der Waals surface area contributed by atoms with Crippen LogP contribution in [0.2, 0.25) is 0 Å². The summed E-state index contributed by atoms with van der Waals surface area (Å²) in [6, 6.07) is 1.64. The maximum Gasteiger partial charge on any atom is 0.573 e. The van der Waals surface area contributed by atoms with Crippen LogP contribution in [0.5, 0.6) is 11.5 Å². The summed E-state index contributed by atoms with van der Waals surface area (Å²) >= 11 is 2.79. The third kappa shape index (κ3) is 2.76. The van der Waals surface area contributed by atoms with Gasteiger partial charge in [-0.1, -0.05) is 15.9 Å². The van der Waals surface area contributed by atoms with E-state index in [-0.39, 0.29) is 4.47 Å². The highest BCUT2D eigenvalue weighted by atomic mass is 79.9. The fourth-order valence-corrected chi connectivity index (χ4v) is 1.18. The maximum absolute atomic E-state index is 12.8. The average molecular weight is 275 g/mol. The van der Waals surface area contributed by atoms with Gasteiger partial charge in [-0.05, 0) is 12.1 Å². The van der Waals surface area contributed by atoms with Crippen LogP contribution in [0.4, 0.5) is 17.6 Å². The van der Waals surface area contributed by atoms with Crippen molar-refractivity contribution in [3.05, 3.63) is 22.4 Å². The number of alkyl halides is 3. The van der Waals surface area contributed by atoms with Gasteiger partial charge in [0.25, 0.3) is 0 Å². The maximum atomic E-state index is 12.8. The molecule has 0 aliphatic carbocycles. The van der Waals surface area contributed by atoms with Crippen LogP contribution in [-0.4, -0.2) is 11.5 Å². The highest BCUT2D eigenvalue weighted by Crippen LogP contribution is 2.36. The molecule has 0 aliphatic heterocycles. The molecule has 1 N–H and O–H groups in total. The third-order valence-electron chi connectivity index (χ3n) is 1.21. The SMILES string of the molecule is Oc1cc(Br)cc(F)c1OC(F)(F)F. The Morgan fingerprint density at radius 1 is 1.29 bits per heavy atom. The van der Waals surface area contributed by atoms with Gasteiger partial charge >= 0.3 is 6.36 Å². The van der Waals surface area contributed by atoms with Crippen LogP contribution in [0, 0.1) is 5.82 Å². The molecule has 0 fully saturated rings. The summed E-state index contributed by atoms with van der Waals surface area (Å²) in [5.74, 6) is -3.45. The van der Waals surface area contributed by atoms with Crippen molar-refractivity contribution in [2.75, 3.05) is 0 Å². The van der Waals surface area contributed by atoms with Crippen LogP contribution in [0.15, 0.2) is 16.6 Å². The lowest BCUT2D eigenvalue weighted by Crippen LogP contribution is -2.18. The second kappa shape index (κ2) is 3.64. The van der Waals surface area contributed by atoms with Gasteiger partial charge < -0.3 is 9.84 Å². The van der Waals surface area contributed by atoms with Crippen molar-refractivity contribution < 1.29 is 27.4 Å². The molecule has 1 aromatic rings. The van der Waals surface area contributed by atoms with E-state index in [0.29, 0.717) is 0 Å². The van der Waals surface area contributed by atoms with Gasteiger partial charge in [0.2, 0.25) is 5.75 Å². The zero-order valence-corrected chi connectivity index (χ0v) is 7.99. The Hall–Kier alpha value is -0.980. The fraction of sp³-hybridized carbons (Fsp3) is 0.143. The first-order valence-corrected chi connectivity index (χ1v) is 4.02. The Morgan fingerprint density at radius 3 is 2.29 bits per heavy atom. The van der Waals surface area contributed by atoms with Gasteiger partial charge in [-0.3, -0.25) is 0 Å². The summed E-state index contributed by atoms with van der Waals surface area (Å²) in [6.07, 6.45) is -5.04. The lowest BCUT2D eigenvalue weighted by atomic mass is 10.3. The molecule has 0 aromatic heterocycles. The molecular formula is C7H3BrF4O2. The summed E-state index contributed by atoms with van der Waals surface area (Å²) in [5.41, 5.74) is 0. The van der Waals surface area contributed by atoms with E-state index < -0.39 is 23.7 Å². The average Bonchev–Trinajstić information content (AvgIpc) is 1.95. The van der Waals surface area contributed by atoms with Gasteiger partial charge in [-0.2, -0.15) is 0 Å². The van der Waals surface area contributed by atoms with Gasteiger partial charge in [-0.25, -0.2) is 4.39 Å². The zero-order chi connectivity index (χ0) is 10.9. The van der Waals surface area contributed by atoms with Gasteiger partial charge in [-0.15, -0.1) is 13.2 Å². The van der Waals surface area contributed by atoms with Gasteiger partial charge in [0.1, 0.15) is 0 Å². The van der Waals surface area contributed by atoms with E-state index in [4.69, 9.17) is 5.11 Å². The number of aromatic hydroxyl groups is 1. The summed E-state index contributed by atoms with van der Waals surface area (Å²) in [6.45, 7) is 0. The van der Waals surface area contributed by atoms with Crippen LogP contribution >= 0.6 is 15.9 Å². The van der Waals surface area contributed by atoms with Crippen molar-refractivity contribution >= 4 is 15.9 Å². The Balaban J connectivity index is 3.09. The Morgan fingerprint density at radius 2 is 1.86 bits per heavy atom. The molecule has 78 valence electrons. The molecule has 0 amide bonds. The molecule has 0 bridgehead atoms. The number of hydrogen-bond donors (Lipinski definition) is 1. The van der Waals surface area contributed by atoms with Crippen molar-refractivity contribution in [3.63, 3.8) is 0 Å². The Bertz CT molecular complexity index is 327. The number of rotatable bonds is 1. The molecule has 0 atom stereocenters. The third-order valence-corrected chi connectivity index (χ3v) is 1.66. The smallest absolute Gasteiger partial charge is 0.504 e. The number of phenols is 1. The summed E-state index contributed by atoms with van der Waals surface area (Å²) < 4.78 is 51.3. The molecule has 14 heavy (non-hydrogen) atoms. The number of hydrogen-bond acceptors (Lipinski definition) is 2. The van der Waals surface area contributed by atoms with E-state index >= 15 is 0 Å². The lowest BCUT2D eigenvalue weighted by Gasteiger charge is -2.11. The first-order chi connectivity index (χ1) is 6.29. The minimum atomic E-state index is -5.04. The Kier molecular flexibility index (Phi) is 2.89. The topological polar surface area (TPSA) is 29.5 Å². The number of ether oxygens (including phenoxy) is 1. The summed E-state index contributed by atoms with van der Waals surface area (Å²) in [4.78, 5) is 0. The molecule has 0 radical (unpaired) electrons. The quantitative estimate of drug-likeness (QED) is 0.797. The van der Waals surface area contributed by atoms with E-state index in [1.165, 1.54) is 0 Å². The second-order valence-electron chi connectivity index (χ2n) is 2.28. The highest BCUT2D eigenvalue weighted by molar-refractivity contribution is 9.10. The van der Waals surface area contributed by atoms with Gasteiger partial charge in [0.05, 0.1) is 0 Å². The molecule has 0 saturated heterocycles. The van der Waals surface area contributed by atoms with Crippen molar-refractivity contribution in [1.29, 1.82) is 0 Å². The summed E-state index contributed by atoms with van der Waals surface area (Å²) in [5, 5.41) is 8.94. The molecule has 1 aromatic carbocycles. The van der Waals surface area contributed by atoms with Crippen molar-refractivity contribution in [2.24, 2.45) is 0 Å². The number of halogens is 5. The predicted molar refractivity (Wildman–Crippen MR) is 42.4 cm³/mol. The standard InChI is InChI=1S/C7H3BrF4O2/c8-3-1-4(9)6(5(13)2-3)14-7(10,11)12/h1-2,13H. The van der Waals surface area contributed by atoms with E-state index in [1.807, 2.05) is 0 Å². The largest absolute Gasteiger partial charge is 0.573 e. The second-order valence-corrected chi connectivity index (χ2v) is 3.20. The minimum Gasteiger partial charge on any atom is -0.504 e. The molecule has 0 unspecified atom stereocenters. The predicted octanol–water partition coefficient (Wildman–Crippen LogP) is 3.19. The highest BCUT2D eigenvalue weighted by Gasteiger charge is 2.33. The zero-order valence-electron chi connectivity index (χ0n) is 6.40. The molecule has 0 saturated carbocycles. The van der Waals surface area contributed by atoms with E-state index in [2.05, 4.69) is 20.7 Å². The monoisotopic (exact) mass is 274 g/mol. The van der Waals surface area contributed by atoms with E-state index in [1.54, 1.807) is 0 Å². The number of benzene rings is 1. The lowest BCUT2D eigenvalue weighted by molar-refractivity contribution is -0.276. The summed E-state index contributed by atoms with van der Waals surface area (Å²) in [7, 11) is 0.